The van der Waals surface area contributed by atoms with E-state index in [1.54, 1.807) is 10.9 Å². The molecule has 0 saturated carbocycles. The van der Waals surface area contributed by atoms with Gasteiger partial charge in [0.15, 0.2) is 0 Å². The van der Waals surface area contributed by atoms with Gasteiger partial charge in [-0.2, -0.15) is 5.10 Å². The van der Waals surface area contributed by atoms with Crippen LogP contribution in [0.25, 0.3) is 10.6 Å². The number of nitrogens with one attached hydrogen (secondary N) is 2. The van der Waals surface area contributed by atoms with Crippen LogP contribution in [-0.4, -0.2) is 40.3 Å². The molecule has 0 spiro atoms. The summed E-state index contributed by atoms with van der Waals surface area (Å²) in [7, 11) is 1.87. The molecule has 6 nitrogen and oxygen atoms in total. The molecule has 2 aromatic rings. The first-order chi connectivity index (χ1) is 11.0. The lowest BCUT2D eigenvalue weighted by molar-refractivity contribution is 0.0925. The fraction of sp³-hybridized carbons (Fsp3) is 0.562. The molecule has 3 heterocycles. The first-order valence-electron chi connectivity index (χ1n) is 7.92. The molecular weight excluding hydrogens is 381 g/mol. The molecule has 0 bridgehead atoms. The molecule has 2 N–H and O–H groups in total. The van der Waals surface area contributed by atoms with Crippen molar-refractivity contribution in [3.63, 3.8) is 0 Å². The number of rotatable bonds is 4. The summed E-state index contributed by atoms with van der Waals surface area (Å²) in [6.45, 7) is 6.90. The standard InChI is InChI=1S/C16H23N5OS.2ClH/c1-11-13(23-15(20-11)12-8-19-21(3)9-12)14(22)18-10-16(2)4-6-17-7-5-16;;/h8-9,17H,4-7,10H2,1-3H3,(H,18,22);2*1H. The summed E-state index contributed by atoms with van der Waals surface area (Å²) in [6, 6.07) is 0. The van der Waals surface area contributed by atoms with Crippen LogP contribution in [0.3, 0.4) is 0 Å². The normalized spacial score (nSPS) is 15.8. The first-order valence-corrected chi connectivity index (χ1v) is 8.74. The van der Waals surface area contributed by atoms with Crippen LogP contribution < -0.4 is 10.6 Å². The molecule has 0 unspecified atom stereocenters. The number of amides is 1. The Balaban J connectivity index is 0.00000156. The van der Waals surface area contributed by atoms with E-state index in [1.165, 1.54) is 11.3 Å². The molecule has 1 saturated heterocycles. The van der Waals surface area contributed by atoms with E-state index in [1.807, 2.05) is 20.2 Å². The van der Waals surface area contributed by atoms with Gasteiger partial charge in [-0.15, -0.1) is 36.2 Å². The Bertz CT molecular complexity index is 709. The molecule has 0 aliphatic carbocycles. The minimum Gasteiger partial charge on any atom is -0.351 e. The van der Waals surface area contributed by atoms with Crippen LogP contribution in [0.15, 0.2) is 12.4 Å². The maximum absolute atomic E-state index is 12.5. The highest BCUT2D eigenvalue weighted by Crippen LogP contribution is 2.29. The van der Waals surface area contributed by atoms with Crippen molar-refractivity contribution in [1.29, 1.82) is 0 Å². The minimum absolute atomic E-state index is 0. The number of nitrogens with zero attached hydrogens (tertiary/aromatic N) is 3. The number of halogens is 2. The highest BCUT2D eigenvalue weighted by atomic mass is 35.5. The molecular formula is C16H25Cl2N5OS. The second kappa shape index (κ2) is 8.98. The van der Waals surface area contributed by atoms with Crippen molar-refractivity contribution in [2.45, 2.75) is 26.7 Å². The smallest absolute Gasteiger partial charge is 0.263 e. The molecule has 0 radical (unpaired) electrons. The molecule has 1 amide bonds. The highest BCUT2D eigenvalue weighted by molar-refractivity contribution is 7.17. The van der Waals surface area contributed by atoms with Crippen LogP contribution in [0.1, 0.15) is 35.1 Å². The van der Waals surface area contributed by atoms with E-state index in [-0.39, 0.29) is 36.1 Å². The highest BCUT2D eigenvalue weighted by Gasteiger charge is 2.28. The largest absolute Gasteiger partial charge is 0.351 e. The topological polar surface area (TPSA) is 71.8 Å². The van der Waals surface area contributed by atoms with Crippen LogP contribution in [-0.2, 0) is 7.05 Å². The number of hydrogen-bond acceptors (Lipinski definition) is 5. The van der Waals surface area contributed by atoms with Gasteiger partial charge in [-0.3, -0.25) is 9.48 Å². The fourth-order valence-corrected chi connectivity index (χ4v) is 3.80. The quantitative estimate of drug-likeness (QED) is 0.819. The third kappa shape index (κ3) is 5.17. The molecule has 140 valence electrons. The van der Waals surface area contributed by atoms with Gasteiger partial charge in [0.2, 0.25) is 0 Å². The third-order valence-corrected chi connectivity index (χ3v) is 5.65. The SMILES string of the molecule is Cc1nc(-c2cnn(C)c2)sc1C(=O)NCC1(C)CCNCC1.Cl.Cl. The molecule has 0 aromatic carbocycles. The van der Waals surface area contributed by atoms with Crippen molar-refractivity contribution < 1.29 is 4.79 Å². The molecule has 1 fully saturated rings. The first kappa shape index (κ1) is 21.9. The van der Waals surface area contributed by atoms with Gasteiger partial charge in [0, 0.05) is 25.4 Å². The molecule has 9 heteroatoms. The van der Waals surface area contributed by atoms with E-state index in [4.69, 9.17) is 0 Å². The van der Waals surface area contributed by atoms with E-state index < -0.39 is 0 Å². The molecule has 0 atom stereocenters. The van der Waals surface area contributed by atoms with E-state index in [9.17, 15) is 4.79 Å². The minimum atomic E-state index is -0.0186. The Morgan fingerprint density at radius 1 is 1.40 bits per heavy atom. The van der Waals surface area contributed by atoms with Crippen LogP contribution in [0.2, 0.25) is 0 Å². The second-order valence-electron chi connectivity index (χ2n) is 6.58. The van der Waals surface area contributed by atoms with Crippen molar-refractivity contribution in [1.82, 2.24) is 25.4 Å². The number of aromatic nitrogens is 3. The second-order valence-corrected chi connectivity index (χ2v) is 7.58. The zero-order valence-electron chi connectivity index (χ0n) is 14.7. The number of carbonyl (C=O) groups is 1. The van der Waals surface area contributed by atoms with Crippen molar-refractivity contribution in [3.05, 3.63) is 23.0 Å². The average Bonchev–Trinajstić information content (AvgIpc) is 3.12. The van der Waals surface area contributed by atoms with Gasteiger partial charge in [-0.05, 0) is 38.3 Å². The number of hydrogen-bond donors (Lipinski definition) is 2. The molecule has 25 heavy (non-hydrogen) atoms. The van der Waals surface area contributed by atoms with Crippen molar-refractivity contribution >= 4 is 42.1 Å². The predicted molar refractivity (Wildman–Crippen MR) is 106 cm³/mol. The number of piperidine rings is 1. The molecule has 2 aromatic heterocycles. The van der Waals surface area contributed by atoms with Crippen molar-refractivity contribution in [2.75, 3.05) is 19.6 Å². The van der Waals surface area contributed by atoms with Crippen LogP contribution in [0.4, 0.5) is 0 Å². The number of thiazole rings is 1. The fourth-order valence-electron chi connectivity index (χ4n) is 2.84. The summed E-state index contributed by atoms with van der Waals surface area (Å²) in [6.07, 6.45) is 5.87. The van der Waals surface area contributed by atoms with E-state index in [0.717, 1.165) is 42.2 Å². The summed E-state index contributed by atoms with van der Waals surface area (Å²) in [5, 5.41) is 11.5. The zero-order chi connectivity index (χ0) is 16.4. The van der Waals surface area contributed by atoms with E-state index in [0.29, 0.717) is 11.4 Å². The van der Waals surface area contributed by atoms with Crippen molar-refractivity contribution in [3.8, 4) is 10.6 Å². The number of aryl methyl sites for hydroxylation is 2. The monoisotopic (exact) mass is 405 g/mol. The van der Waals surface area contributed by atoms with E-state index >= 15 is 0 Å². The molecule has 1 aliphatic heterocycles. The van der Waals surface area contributed by atoms with Crippen molar-refractivity contribution in [2.24, 2.45) is 12.5 Å². The summed E-state index contributed by atoms with van der Waals surface area (Å²) >= 11 is 1.43. The van der Waals surface area contributed by atoms with Gasteiger partial charge < -0.3 is 10.6 Å². The summed E-state index contributed by atoms with van der Waals surface area (Å²) < 4.78 is 1.74. The van der Waals surface area contributed by atoms with Gasteiger partial charge >= 0.3 is 0 Å². The lowest BCUT2D eigenvalue weighted by atomic mass is 9.81. The maximum atomic E-state index is 12.5. The van der Waals surface area contributed by atoms with Crippen LogP contribution in [0.5, 0.6) is 0 Å². The zero-order valence-corrected chi connectivity index (χ0v) is 17.1. The lowest BCUT2D eigenvalue weighted by Crippen LogP contribution is -2.42. The van der Waals surface area contributed by atoms with Gasteiger partial charge in [0.05, 0.1) is 11.9 Å². The number of carbonyl (C=O) groups excluding carboxylic acids is 1. The van der Waals surface area contributed by atoms with Gasteiger partial charge in [-0.25, -0.2) is 4.98 Å². The molecule has 3 rings (SSSR count). The summed E-state index contributed by atoms with van der Waals surface area (Å²) in [5.74, 6) is -0.0186. The summed E-state index contributed by atoms with van der Waals surface area (Å²) in [4.78, 5) is 17.7. The Morgan fingerprint density at radius 2 is 2.08 bits per heavy atom. The molecule has 1 aliphatic rings. The van der Waals surface area contributed by atoms with Gasteiger partial charge in [-0.1, -0.05) is 6.92 Å². The Hall–Kier alpha value is -1.15. The van der Waals surface area contributed by atoms with Gasteiger partial charge in [0.1, 0.15) is 9.88 Å². The summed E-state index contributed by atoms with van der Waals surface area (Å²) in [5.41, 5.74) is 1.91. The average molecular weight is 406 g/mol. The Kier molecular flexibility index (Phi) is 7.87. The predicted octanol–water partition coefficient (Wildman–Crippen LogP) is 2.82. The van der Waals surface area contributed by atoms with Gasteiger partial charge in [0.25, 0.3) is 5.91 Å². The Labute approximate surface area is 164 Å². The maximum Gasteiger partial charge on any atom is 0.263 e. The Morgan fingerprint density at radius 3 is 2.68 bits per heavy atom. The lowest BCUT2D eigenvalue weighted by Gasteiger charge is -2.34. The van der Waals surface area contributed by atoms with E-state index in [2.05, 4.69) is 27.6 Å². The van der Waals surface area contributed by atoms with Crippen LogP contribution in [0, 0.1) is 12.3 Å². The van der Waals surface area contributed by atoms with Crippen LogP contribution >= 0.6 is 36.2 Å². The third-order valence-electron chi connectivity index (χ3n) is 4.44.